The van der Waals surface area contributed by atoms with Crippen LogP contribution in [0.5, 0.6) is 0 Å². The predicted octanol–water partition coefficient (Wildman–Crippen LogP) is 1.11. The van der Waals surface area contributed by atoms with Crippen LogP contribution in [0.15, 0.2) is 23.1 Å². The van der Waals surface area contributed by atoms with Gasteiger partial charge >= 0.3 is 0 Å². The molecule has 0 bridgehead atoms. The lowest BCUT2D eigenvalue weighted by molar-refractivity contribution is -0.120. The number of nitrogens with one attached hydrogen (secondary N) is 2. The molecule has 0 fully saturated rings. The van der Waals surface area contributed by atoms with E-state index in [2.05, 4.69) is 10.6 Å². The molecule has 0 aromatic heterocycles. The topological polar surface area (TPSA) is 95.6 Å². The highest BCUT2D eigenvalue weighted by Crippen LogP contribution is 2.19. The first-order chi connectivity index (χ1) is 11.6. The van der Waals surface area contributed by atoms with Gasteiger partial charge in [-0.2, -0.15) is 4.31 Å². The van der Waals surface area contributed by atoms with Crippen molar-refractivity contribution in [3.8, 4) is 0 Å². The van der Waals surface area contributed by atoms with Crippen molar-refractivity contribution in [1.82, 2.24) is 14.9 Å². The third kappa shape index (κ3) is 5.50. The van der Waals surface area contributed by atoms with Gasteiger partial charge in [-0.3, -0.25) is 9.59 Å². The van der Waals surface area contributed by atoms with E-state index in [1.165, 1.54) is 4.31 Å². The van der Waals surface area contributed by atoms with Crippen molar-refractivity contribution >= 4 is 21.8 Å². The molecule has 0 saturated heterocycles. The number of carbonyl (C=O) groups excluding carboxylic acids is 2. The molecule has 2 amide bonds. The molecule has 0 aliphatic heterocycles. The molecule has 0 heterocycles. The molecular formula is C16H24FN3O4S. The van der Waals surface area contributed by atoms with Gasteiger partial charge in [0.05, 0.1) is 17.0 Å². The van der Waals surface area contributed by atoms with Gasteiger partial charge in [0, 0.05) is 19.1 Å². The van der Waals surface area contributed by atoms with Crippen molar-refractivity contribution in [1.29, 1.82) is 0 Å². The van der Waals surface area contributed by atoms with Crippen molar-refractivity contribution in [3.63, 3.8) is 0 Å². The molecule has 0 saturated carbocycles. The van der Waals surface area contributed by atoms with Crippen molar-refractivity contribution in [3.05, 3.63) is 29.6 Å². The van der Waals surface area contributed by atoms with E-state index in [1.54, 1.807) is 27.7 Å². The van der Waals surface area contributed by atoms with E-state index in [4.69, 9.17) is 0 Å². The SMILES string of the molecule is CCN(CC)S(=O)(=O)c1ccc(F)c(C(=O)NCC(=O)NC(C)C)c1. The fourth-order valence-electron chi connectivity index (χ4n) is 2.18. The Labute approximate surface area is 147 Å². The second-order valence-electron chi connectivity index (χ2n) is 5.64. The fraction of sp³-hybridized carbons (Fsp3) is 0.500. The monoisotopic (exact) mass is 373 g/mol. The predicted molar refractivity (Wildman–Crippen MR) is 92.1 cm³/mol. The highest BCUT2D eigenvalue weighted by atomic mass is 32.2. The quantitative estimate of drug-likeness (QED) is 0.714. The lowest BCUT2D eigenvalue weighted by atomic mass is 10.2. The number of hydrogen-bond acceptors (Lipinski definition) is 4. The van der Waals surface area contributed by atoms with Gasteiger partial charge in [0.25, 0.3) is 5.91 Å². The number of rotatable bonds is 8. The summed E-state index contributed by atoms with van der Waals surface area (Å²) >= 11 is 0. The van der Waals surface area contributed by atoms with Crippen molar-refractivity contribution in [2.75, 3.05) is 19.6 Å². The molecule has 1 aromatic rings. The zero-order valence-electron chi connectivity index (χ0n) is 14.8. The molecule has 25 heavy (non-hydrogen) atoms. The van der Waals surface area contributed by atoms with Gasteiger partial charge in [-0.15, -0.1) is 0 Å². The van der Waals surface area contributed by atoms with Crippen LogP contribution in [-0.2, 0) is 14.8 Å². The van der Waals surface area contributed by atoms with Gasteiger partial charge in [-0.1, -0.05) is 13.8 Å². The summed E-state index contributed by atoms with van der Waals surface area (Å²) < 4.78 is 40.1. The molecule has 9 heteroatoms. The maximum atomic E-state index is 13.9. The number of halogens is 1. The van der Waals surface area contributed by atoms with Gasteiger partial charge in [0.1, 0.15) is 5.82 Å². The van der Waals surface area contributed by atoms with E-state index < -0.39 is 33.2 Å². The molecule has 2 N–H and O–H groups in total. The van der Waals surface area contributed by atoms with Crippen LogP contribution in [0, 0.1) is 5.82 Å². The average molecular weight is 373 g/mol. The van der Waals surface area contributed by atoms with Crippen molar-refractivity contribution < 1.29 is 22.4 Å². The summed E-state index contributed by atoms with van der Waals surface area (Å²) in [5.74, 6) is -2.14. The number of benzene rings is 1. The van der Waals surface area contributed by atoms with Crippen LogP contribution in [0.1, 0.15) is 38.1 Å². The standard InChI is InChI=1S/C16H24FN3O4S/c1-5-20(6-2)25(23,24)12-7-8-14(17)13(9-12)16(22)18-10-15(21)19-11(3)4/h7-9,11H,5-6,10H2,1-4H3,(H,18,22)(H,19,21). The average Bonchev–Trinajstić information content (AvgIpc) is 2.53. The van der Waals surface area contributed by atoms with Gasteiger partial charge in [0.15, 0.2) is 0 Å². The third-order valence-corrected chi connectivity index (χ3v) is 5.43. The minimum atomic E-state index is -3.81. The smallest absolute Gasteiger partial charge is 0.254 e. The molecular weight excluding hydrogens is 349 g/mol. The third-order valence-electron chi connectivity index (χ3n) is 3.38. The largest absolute Gasteiger partial charge is 0.352 e. The van der Waals surface area contributed by atoms with Crippen LogP contribution >= 0.6 is 0 Å². The minimum absolute atomic E-state index is 0.0938. The Hall–Kier alpha value is -2.00. The molecule has 1 rings (SSSR count). The van der Waals surface area contributed by atoms with E-state index >= 15 is 0 Å². The molecule has 0 atom stereocenters. The first-order valence-corrected chi connectivity index (χ1v) is 9.44. The fourth-order valence-corrected chi connectivity index (χ4v) is 3.67. The van der Waals surface area contributed by atoms with E-state index in [0.717, 1.165) is 18.2 Å². The number of hydrogen-bond donors (Lipinski definition) is 2. The zero-order chi connectivity index (χ0) is 19.2. The Morgan fingerprint density at radius 2 is 1.80 bits per heavy atom. The summed E-state index contributed by atoms with van der Waals surface area (Å²) in [7, 11) is -3.81. The maximum absolute atomic E-state index is 13.9. The molecule has 0 aliphatic rings. The van der Waals surface area contributed by atoms with Gasteiger partial charge < -0.3 is 10.6 Å². The van der Waals surface area contributed by atoms with E-state index in [1.807, 2.05) is 0 Å². The summed E-state index contributed by atoms with van der Waals surface area (Å²) in [5, 5.41) is 4.86. The van der Waals surface area contributed by atoms with Crippen molar-refractivity contribution in [2.45, 2.75) is 38.6 Å². The van der Waals surface area contributed by atoms with Crippen LogP contribution in [0.2, 0.25) is 0 Å². The Balaban J connectivity index is 3.02. The van der Waals surface area contributed by atoms with Crippen LogP contribution in [0.3, 0.4) is 0 Å². The summed E-state index contributed by atoms with van der Waals surface area (Å²) in [6, 6.07) is 2.94. The zero-order valence-corrected chi connectivity index (χ0v) is 15.6. The summed E-state index contributed by atoms with van der Waals surface area (Å²) in [5.41, 5.74) is -0.425. The first-order valence-electron chi connectivity index (χ1n) is 8.00. The summed E-state index contributed by atoms with van der Waals surface area (Å²) in [6.07, 6.45) is 0. The lowest BCUT2D eigenvalue weighted by Crippen LogP contribution is -2.40. The van der Waals surface area contributed by atoms with Gasteiger partial charge in [0.2, 0.25) is 15.9 Å². The number of carbonyl (C=O) groups is 2. The van der Waals surface area contributed by atoms with Gasteiger partial charge in [-0.25, -0.2) is 12.8 Å². The molecule has 7 nitrogen and oxygen atoms in total. The van der Waals surface area contributed by atoms with E-state index in [-0.39, 0.29) is 30.6 Å². The summed E-state index contributed by atoms with van der Waals surface area (Å²) in [6.45, 7) is 7.09. The maximum Gasteiger partial charge on any atom is 0.254 e. The van der Waals surface area contributed by atoms with E-state index in [0.29, 0.717) is 0 Å². The number of nitrogens with zero attached hydrogens (tertiary/aromatic N) is 1. The molecule has 0 radical (unpaired) electrons. The van der Waals surface area contributed by atoms with Crippen molar-refractivity contribution in [2.24, 2.45) is 0 Å². The van der Waals surface area contributed by atoms with Crippen LogP contribution in [-0.4, -0.2) is 50.2 Å². The number of amides is 2. The Kier molecular flexibility index (Phi) is 7.50. The Morgan fingerprint density at radius 1 is 1.20 bits per heavy atom. The highest BCUT2D eigenvalue weighted by molar-refractivity contribution is 7.89. The summed E-state index contributed by atoms with van der Waals surface area (Å²) in [4.78, 5) is 23.5. The van der Waals surface area contributed by atoms with Crippen LogP contribution < -0.4 is 10.6 Å². The second kappa shape index (κ2) is 8.91. The minimum Gasteiger partial charge on any atom is -0.352 e. The molecule has 140 valence electrons. The normalized spacial score (nSPS) is 11.6. The van der Waals surface area contributed by atoms with Crippen LogP contribution in [0.4, 0.5) is 4.39 Å². The second-order valence-corrected chi connectivity index (χ2v) is 7.57. The lowest BCUT2D eigenvalue weighted by Gasteiger charge is -2.19. The Bertz CT molecular complexity index is 731. The molecule has 1 aromatic carbocycles. The molecule has 0 aliphatic carbocycles. The number of sulfonamides is 1. The van der Waals surface area contributed by atoms with Crippen LogP contribution in [0.25, 0.3) is 0 Å². The first kappa shape index (κ1) is 21.0. The van der Waals surface area contributed by atoms with Gasteiger partial charge in [-0.05, 0) is 32.0 Å². The highest BCUT2D eigenvalue weighted by Gasteiger charge is 2.24. The molecule has 0 spiro atoms. The van der Waals surface area contributed by atoms with E-state index in [9.17, 15) is 22.4 Å². The Morgan fingerprint density at radius 3 is 2.32 bits per heavy atom. The molecule has 0 unspecified atom stereocenters.